The molecule has 100 valence electrons. The highest BCUT2D eigenvalue weighted by Gasteiger charge is 2.14. The zero-order valence-corrected chi connectivity index (χ0v) is 11.7. The average molecular weight is 269 g/mol. The number of hydrogen-bond donors (Lipinski definition) is 0. The number of fused-ring (bicyclic) bond motifs is 3. The molecule has 0 spiro atoms. The van der Waals surface area contributed by atoms with Crippen LogP contribution in [0, 0.1) is 0 Å². The maximum atomic E-state index is 4.93. The van der Waals surface area contributed by atoms with Crippen LogP contribution in [0.4, 0.5) is 0 Å². The molecule has 0 atom stereocenters. The highest BCUT2D eigenvalue weighted by Crippen LogP contribution is 2.32. The predicted molar refractivity (Wildman–Crippen MR) is 89.1 cm³/mol. The van der Waals surface area contributed by atoms with Crippen LogP contribution in [0.3, 0.4) is 0 Å². The van der Waals surface area contributed by atoms with E-state index in [0.717, 1.165) is 17.6 Å². The summed E-state index contributed by atoms with van der Waals surface area (Å²) in [6.07, 6.45) is 9.56. The third-order valence-electron chi connectivity index (χ3n) is 3.92. The molecule has 1 nitrogen and oxygen atoms in total. The van der Waals surface area contributed by atoms with Crippen LogP contribution >= 0.6 is 0 Å². The lowest BCUT2D eigenvalue weighted by Crippen LogP contribution is -1.97. The topological polar surface area (TPSA) is 12.9 Å². The number of para-hydroxylation sites is 1. The van der Waals surface area contributed by atoms with Crippen molar-refractivity contribution < 1.29 is 0 Å². The minimum absolute atomic E-state index is 0.921. The number of benzene rings is 2. The summed E-state index contributed by atoms with van der Waals surface area (Å²) in [7, 11) is 0. The van der Waals surface area contributed by atoms with Crippen LogP contribution < -0.4 is 0 Å². The molecule has 21 heavy (non-hydrogen) atoms. The van der Waals surface area contributed by atoms with Crippen LogP contribution in [0.15, 0.2) is 72.8 Å². The summed E-state index contributed by atoms with van der Waals surface area (Å²) in [5, 5.41) is 1.23. The Bertz CT molecular complexity index is 858. The molecule has 0 aliphatic heterocycles. The van der Waals surface area contributed by atoms with Gasteiger partial charge in [-0.25, -0.2) is 4.98 Å². The summed E-state index contributed by atoms with van der Waals surface area (Å²) >= 11 is 0. The van der Waals surface area contributed by atoms with Crippen molar-refractivity contribution in [3.8, 4) is 11.3 Å². The normalized spacial score (nSPS) is 13.1. The molecule has 2 aromatic carbocycles. The van der Waals surface area contributed by atoms with Gasteiger partial charge in [-0.2, -0.15) is 0 Å². The van der Waals surface area contributed by atoms with E-state index in [4.69, 9.17) is 4.98 Å². The van der Waals surface area contributed by atoms with E-state index in [1.54, 1.807) is 0 Å². The van der Waals surface area contributed by atoms with Crippen molar-refractivity contribution in [2.24, 2.45) is 0 Å². The number of nitrogens with zero attached hydrogens (tertiary/aromatic N) is 1. The van der Waals surface area contributed by atoms with Crippen LogP contribution in [-0.4, -0.2) is 4.98 Å². The maximum Gasteiger partial charge on any atom is 0.0750 e. The zero-order chi connectivity index (χ0) is 14.1. The van der Waals surface area contributed by atoms with Gasteiger partial charge in [-0.1, -0.05) is 72.8 Å². The molecule has 1 aliphatic rings. The summed E-state index contributed by atoms with van der Waals surface area (Å²) < 4.78 is 0. The van der Waals surface area contributed by atoms with Gasteiger partial charge in [0.25, 0.3) is 0 Å². The lowest BCUT2D eigenvalue weighted by molar-refractivity contribution is 1.22. The Morgan fingerprint density at radius 3 is 2.52 bits per heavy atom. The van der Waals surface area contributed by atoms with Crippen molar-refractivity contribution in [2.75, 3.05) is 0 Å². The summed E-state index contributed by atoms with van der Waals surface area (Å²) in [5.74, 6) is 0. The van der Waals surface area contributed by atoms with E-state index < -0.39 is 0 Å². The average Bonchev–Trinajstić information content (AvgIpc) is 2.81. The number of allylic oxidation sites excluding steroid dienone is 3. The highest BCUT2D eigenvalue weighted by molar-refractivity contribution is 5.93. The first kappa shape index (κ1) is 12.1. The van der Waals surface area contributed by atoms with Gasteiger partial charge in [0, 0.05) is 10.9 Å². The van der Waals surface area contributed by atoms with Gasteiger partial charge in [-0.05, 0) is 23.6 Å². The molecule has 1 heterocycles. The van der Waals surface area contributed by atoms with Crippen molar-refractivity contribution in [1.29, 1.82) is 0 Å². The summed E-state index contributed by atoms with van der Waals surface area (Å²) in [5.41, 5.74) is 5.94. The molecule has 0 N–H and O–H groups in total. The van der Waals surface area contributed by atoms with E-state index in [1.165, 1.54) is 22.1 Å². The zero-order valence-electron chi connectivity index (χ0n) is 11.7. The van der Waals surface area contributed by atoms with Gasteiger partial charge < -0.3 is 0 Å². The van der Waals surface area contributed by atoms with Crippen LogP contribution in [0.2, 0.25) is 0 Å². The molecule has 0 saturated carbocycles. The third-order valence-corrected chi connectivity index (χ3v) is 3.92. The fourth-order valence-electron chi connectivity index (χ4n) is 2.92. The van der Waals surface area contributed by atoms with Crippen LogP contribution in [0.25, 0.3) is 28.2 Å². The van der Waals surface area contributed by atoms with E-state index >= 15 is 0 Å². The van der Waals surface area contributed by atoms with Crippen molar-refractivity contribution in [3.05, 3.63) is 84.0 Å². The largest absolute Gasteiger partial charge is 0.247 e. The second kappa shape index (κ2) is 5.02. The molecule has 4 rings (SSSR count). The predicted octanol–water partition coefficient (Wildman–Crippen LogP) is 5.03. The van der Waals surface area contributed by atoms with E-state index in [1.807, 2.05) is 6.07 Å². The molecule has 0 unspecified atom stereocenters. The highest BCUT2D eigenvalue weighted by atomic mass is 14.7. The van der Waals surface area contributed by atoms with Gasteiger partial charge in [0.2, 0.25) is 0 Å². The van der Waals surface area contributed by atoms with Gasteiger partial charge in [0.15, 0.2) is 0 Å². The summed E-state index contributed by atoms with van der Waals surface area (Å²) in [6.45, 7) is 0. The molecule has 1 heteroatoms. The van der Waals surface area contributed by atoms with E-state index in [9.17, 15) is 0 Å². The maximum absolute atomic E-state index is 4.93. The molecule has 0 radical (unpaired) electrons. The van der Waals surface area contributed by atoms with Crippen molar-refractivity contribution >= 4 is 17.0 Å². The van der Waals surface area contributed by atoms with Gasteiger partial charge in [-0.15, -0.1) is 0 Å². The molecule has 3 aromatic rings. The monoisotopic (exact) mass is 269 g/mol. The Morgan fingerprint density at radius 1 is 0.810 bits per heavy atom. The van der Waals surface area contributed by atoms with Crippen LogP contribution in [0.5, 0.6) is 0 Å². The van der Waals surface area contributed by atoms with Crippen molar-refractivity contribution in [2.45, 2.75) is 6.42 Å². The van der Waals surface area contributed by atoms with Crippen molar-refractivity contribution in [1.82, 2.24) is 4.98 Å². The second-order valence-electron chi connectivity index (χ2n) is 5.23. The first-order valence-electron chi connectivity index (χ1n) is 7.24. The standard InChI is InChI=1S/C20H15N/c1-3-9-15(10-4-1)20-18-13-6-2-5-11-16(18)17-12-7-8-14-19(17)21-20/h1-12,14H,13H2. The molecule has 0 amide bonds. The minimum atomic E-state index is 0.921. The smallest absolute Gasteiger partial charge is 0.0750 e. The summed E-state index contributed by atoms with van der Waals surface area (Å²) in [4.78, 5) is 4.93. The fraction of sp³-hybridized carbons (Fsp3) is 0.0500. The Kier molecular flexibility index (Phi) is 2.89. The molecule has 0 fully saturated rings. The first-order chi connectivity index (χ1) is 10.4. The number of aromatic nitrogens is 1. The number of rotatable bonds is 1. The van der Waals surface area contributed by atoms with Gasteiger partial charge >= 0.3 is 0 Å². The Hall–Kier alpha value is -2.67. The SMILES string of the molecule is C1=CCc2c(-c3ccccc3)nc3ccccc3c2C=C1. The quantitative estimate of drug-likeness (QED) is 0.604. The Balaban J connectivity index is 2.10. The van der Waals surface area contributed by atoms with E-state index in [2.05, 4.69) is 72.8 Å². The van der Waals surface area contributed by atoms with Crippen LogP contribution in [-0.2, 0) is 6.42 Å². The third kappa shape index (κ3) is 2.07. The fourth-order valence-corrected chi connectivity index (χ4v) is 2.92. The van der Waals surface area contributed by atoms with E-state index in [0.29, 0.717) is 0 Å². The number of pyridine rings is 1. The van der Waals surface area contributed by atoms with Crippen molar-refractivity contribution in [3.63, 3.8) is 0 Å². The first-order valence-corrected chi connectivity index (χ1v) is 7.24. The Morgan fingerprint density at radius 2 is 1.62 bits per heavy atom. The Labute approximate surface area is 124 Å². The second-order valence-corrected chi connectivity index (χ2v) is 5.23. The number of hydrogen-bond acceptors (Lipinski definition) is 1. The van der Waals surface area contributed by atoms with Gasteiger partial charge in [0.1, 0.15) is 0 Å². The molecular formula is C20H15N. The molecule has 1 aromatic heterocycles. The molecular weight excluding hydrogens is 254 g/mol. The van der Waals surface area contributed by atoms with Gasteiger partial charge in [0.05, 0.1) is 11.2 Å². The lowest BCUT2D eigenvalue weighted by atomic mass is 9.95. The lowest BCUT2D eigenvalue weighted by Gasteiger charge is -2.13. The molecule has 0 bridgehead atoms. The molecule has 0 saturated heterocycles. The summed E-state index contributed by atoms with van der Waals surface area (Å²) in [6, 6.07) is 18.8. The van der Waals surface area contributed by atoms with Crippen LogP contribution in [0.1, 0.15) is 11.1 Å². The van der Waals surface area contributed by atoms with E-state index in [-0.39, 0.29) is 0 Å². The minimum Gasteiger partial charge on any atom is -0.247 e. The molecule has 1 aliphatic carbocycles. The van der Waals surface area contributed by atoms with Gasteiger partial charge in [-0.3, -0.25) is 0 Å².